The summed E-state index contributed by atoms with van der Waals surface area (Å²) in [7, 11) is -3.76. The molecule has 0 bridgehead atoms. The van der Waals surface area contributed by atoms with E-state index in [-0.39, 0.29) is 18.3 Å². The fourth-order valence-electron chi connectivity index (χ4n) is 3.27. The number of nitrogens with zero attached hydrogens (tertiary/aromatic N) is 1. The highest BCUT2D eigenvalue weighted by molar-refractivity contribution is 7.92. The molecule has 1 N–H and O–H groups in total. The zero-order chi connectivity index (χ0) is 23.8. The molecule has 3 rings (SSSR count). The summed E-state index contributed by atoms with van der Waals surface area (Å²) in [4.78, 5) is 12.8. The van der Waals surface area contributed by atoms with Crippen molar-refractivity contribution in [3.05, 3.63) is 84.4 Å². The predicted molar refractivity (Wildman–Crippen MR) is 129 cm³/mol. The second-order valence-corrected chi connectivity index (χ2v) is 9.35. The van der Waals surface area contributed by atoms with E-state index in [2.05, 4.69) is 5.32 Å². The largest absolute Gasteiger partial charge is 0.494 e. The molecule has 0 aromatic heterocycles. The highest BCUT2D eigenvalue weighted by atomic mass is 32.2. The molecule has 8 heteroatoms. The average Bonchev–Trinajstić information content (AvgIpc) is 2.79. The van der Waals surface area contributed by atoms with Gasteiger partial charge in [-0.15, -0.1) is 0 Å². The van der Waals surface area contributed by atoms with Crippen molar-refractivity contribution < 1.29 is 22.7 Å². The van der Waals surface area contributed by atoms with Crippen LogP contribution < -0.4 is 19.1 Å². The van der Waals surface area contributed by atoms with Crippen molar-refractivity contribution in [3.8, 4) is 17.2 Å². The molecule has 0 spiro atoms. The van der Waals surface area contributed by atoms with Gasteiger partial charge >= 0.3 is 0 Å². The topological polar surface area (TPSA) is 84.9 Å². The van der Waals surface area contributed by atoms with Crippen LogP contribution >= 0.6 is 0 Å². The molecule has 0 saturated carbocycles. The van der Waals surface area contributed by atoms with E-state index < -0.39 is 15.9 Å². The minimum absolute atomic E-state index is 0.285. The second kappa shape index (κ2) is 10.9. The van der Waals surface area contributed by atoms with Gasteiger partial charge in [0.05, 0.1) is 24.6 Å². The monoisotopic (exact) mass is 468 g/mol. The number of amides is 1. The fourth-order valence-corrected chi connectivity index (χ4v) is 4.13. The summed E-state index contributed by atoms with van der Waals surface area (Å²) in [5.41, 5.74) is 1.17. The Morgan fingerprint density at radius 3 is 2.21 bits per heavy atom. The quantitative estimate of drug-likeness (QED) is 0.473. The Bertz CT molecular complexity index is 1160. The Morgan fingerprint density at radius 2 is 1.58 bits per heavy atom. The van der Waals surface area contributed by atoms with Crippen LogP contribution in [0.3, 0.4) is 0 Å². The van der Waals surface area contributed by atoms with Gasteiger partial charge in [0.2, 0.25) is 15.9 Å². The van der Waals surface area contributed by atoms with Crippen molar-refractivity contribution >= 4 is 21.6 Å². The van der Waals surface area contributed by atoms with E-state index in [0.717, 1.165) is 21.9 Å². The van der Waals surface area contributed by atoms with Crippen molar-refractivity contribution in [3.63, 3.8) is 0 Å². The summed E-state index contributed by atoms with van der Waals surface area (Å²) < 4.78 is 37.6. The molecule has 33 heavy (non-hydrogen) atoms. The van der Waals surface area contributed by atoms with Gasteiger partial charge in [0.25, 0.3) is 0 Å². The summed E-state index contributed by atoms with van der Waals surface area (Å²) in [5, 5.41) is 2.86. The summed E-state index contributed by atoms with van der Waals surface area (Å²) in [5.74, 6) is 1.21. The van der Waals surface area contributed by atoms with Gasteiger partial charge in [0, 0.05) is 0 Å². The van der Waals surface area contributed by atoms with Crippen molar-refractivity contribution in [1.82, 2.24) is 5.32 Å². The van der Waals surface area contributed by atoms with E-state index >= 15 is 0 Å². The number of hydrogen-bond donors (Lipinski definition) is 1. The van der Waals surface area contributed by atoms with Crippen molar-refractivity contribution in [2.45, 2.75) is 19.9 Å². The van der Waals surface area contributed by atoms with E-state index in [4.69, 9.17) is 9.47 Å². The number of carbonyl (C=O) groups excluding carboxylic acids is 1. The zero-order valence-electron chi connectivity index (χ0n) is 18.9. The minimum atomic E-state index is -3.76. The van der Waals surface area contributed by atoms with E-state index in [1.54, 1.807) is 36.4 Å². The Balaban J connectivity index is 1.77. The molecule has 0 heterocycles. The molecule has 0 saturated heterocycles. The molecule has 0 fully saturated rings. The van der Waals surface area contributed by atoms with E-state index in [1.807, 2.05) is 56.3 Å². The molecule has 3 aromatic rings. The lowest BCUT2D eigenvalue weighted by Gasteiger charge is -2.25. The standard InChI is InChI=1S/C25H28N2O5S/c1-4-31-21-16-14-20(15-17-21)19(2)26-25(28)18-27(33(3,29)30)23-12-8-9-13-24(23)32-22-10-6-5-7-11-22/h5-17,19H,4,18H2,1-3H3,(H,26,28). The maximum Gasteiger partial charge on any atom is 0.241 e. The normalized spacial score (nSPS) is 12.0. The van der Waals surface area contributed by atoms with Crippen LogP contribution in [0.5, 0.6) is 17.2 Å². The van der Waals surface area contributed by atoms with Gasteiger partial charge in [0.1, 0.15) is 18.0 Å². The van der Waals surface area contributed by atoms with Crippen molar-refractivity contribution in [2.24, 2.45) is 0 Å². The number of rotatable bonds is 10. The SMILES string of the molecule is CCOc1ccc(C(C)NC(=O)CN(c2ccccc2Oc2ccccc2)S(C)(=O)=O)cc1. The van der Waals surface area contributed by atoms with E-state index in [0.29, 0.717) is 18.1 Å². The van der Waals surface area contributed by atoms with Gasteiger partial charge in [-0.25, -0.2) is 8.42 Å². The molecule has 0 radical (unpaired) electrons. The number of ether oxygens (including phenoxy) is 2. The van der Waals surface area contributed by atoms with Gasteiger partial charge in [-0.1, -0.05) is 42.5 Å². The molecule has 1 atom stereocenters. The van der Waals surface area contributed by atoms with E-state index in [9.17, 15) is 13.2 Å². The molecule has 1 amide bonds. The second-order valence-electron chi connectivity index (χ2n) is 7.44. The third kappa shape index (κ3) is 6.73. The van der Waals surface area contributed by atoms with Crippen LogP contribution in [0, 0.1) is 0 Å². The molecular weight excluding hydrogens is 440 g/mol. The average molecular weight is 469 g/mol. The molecule has 174 valence electrons. The molecule has 7 nitrogen and oxygen atoms in total. The van der Waals surface area contributed by atoms with Gasteiger partial charge in [-0.05, 0) is 55.8 Å². The van der Waals surface area contributed by atoms with Crippen molar-refractivity contribution in [1.29, 1.82) is 0 Å². The van der Waals surface area contributed by atoms with Crippen LogP contribution in [0.2, 0.25) is 0 Å². The number of nitrogens with one attached hydrogen (secondary N) is 1. The van der Waals surface area contributed by atoms with Crippen LogP contribution in [0.15, 0.2) is 78.9 Å². The summed E-state index contributed by atoms with van der Waals surface area (Å²) >= 11 is 0. The Hall–Kier alpha value is -3.52. The maximum absolute atomic E-state index is 12.8. The summed E-state index contributed by atoms with van der Waals surface area (Å²) in [6, 6.07) is 22.9. The van der Waals surface area contributed by atoms with Crippen LogP contribution in [-0.2, 0) is 14.8 Å². The minimum Gasteiger partial charge on any atom is -0.494 e. The van der Waals surface area contributed by atoms with Gasteiger partial charge in [0.15, 0.2) is 5.75 Å². The Morgan fingerprint density at radius 1 is 0.939 bits per heavy atom. The third-order valence-corrected chi connectivity index (χ3v) is 5.99. The van der Waals surface area contributed by atoms with Crippen LogP contribution in [-0.4, -0.2) is 33.7 Å². The highest BCUT2D eigenvalue weighted by Crippen LogP contribution is 2.33. The zero-order valence-corrected chi connectivity index (χ0v) is 19.7. The first-order chi connectivity index (χ1) is 15.8. The Kier molecular flexibility index (Phi) is 7.95. The van der Waals surface area contributed by atoms with Gasteiger partial charge in [-0.2, -0.15) is 0 Å². The predicted octanol–water partition coefficient (Wildman–Crippen LogP) is 4.52. The molecule has 3 aromatic carbocycles. The number of sulfonamides is 1. The van der Waals surface area contributed by atoms with Gasteiger partial charge < -0.3 is 14.8 Å². The number of para-hydroxylation sites is 3. The maximum atomic E-state index is 12.8. The van der Waals surface area contributed by atoms with Gasteiger partial charge in [-0.3, -0.25) is 9.10 Å². The summed E-state index contributed by atoms with van der Waals surface area (Å²) in [6.07, 6.45) is 1.06. The highest BCUT2D eigenvalue weighted by Gasteiger charge is 2.25. The first-order valence-corrected chi connectivity index (χ1v) is 12.4. The summed E-state index contributed by atoms with van der Waals surface area (Å²) in [6.45, 7) is 3.94. The lowest BCUT2D eigenvalue weighted by molar-refractivity contribution is -0.120. The third-order valence-electron chi connectivity index (χ3n) is 4.86. The van der Waals surface area contributed by atoms with Crippen LogP contribution in [0.1, 0.15) is 25.5 Å². The van der Waals surface area contributed by atoms with Crippen LogP contribution in [0.4, 0.5) is 5.69 Å². The molecule has 1 unspecified atom stereocenters. The first-order valence-electron chi connectivity index (χ1n) is 10.6. The molecular formula is C25H28N2O5S. The number of hydrogen-bond acceptors (Lipinski definition) is 5. The lowest BCUT2D eigenvalue weighted by Crippen LogP contribution is -2.41. The van der Waals surface area contributed by atoms with Crippen LogP contribution in [0.25, 0.3) is 0 Å². The lowest BCUT2D eigenvalue weighted by atomic mass is 10.1. The fraction of sp³-hybridized carbons (Fsp3) is 0.240. The first kappa shape index (κ1) is 24.1. The number of benzene rings is 3. The van der Waals surface area contributed by atoms with E-state index in [1.165, 1.54) is 0 Å². The number of anilines is 1. The number of carbonyl (C=O) groups is 1. The smallest absolute Gasteiger partial charge is 0.241 e. The molecule has 0 aliphatic heterocycles. The molecule has 0 aliphatic carbocycles. The molecule has 0 aliphatic rings. The Labute approximate surface area is 195 Å². The van der Waals surface area contributed by atoms with Crippen molar-refractivity contribution in [2.75, 3.05) is 23.7 Å².